The number of H-pyrrole nitrogens is 1. The Bertz CT molecular complexity index is 832. The van der Waals surface area contributed by atoms with Crippen molar-refractivity contribution < 1.29 is 13.2 Å². The normalized spacial score (nSPS) is 17.5. The van der Waals surface area contributed by atoms with E-state index in [1.807, 2.05) is 30.5 Å². The molecule has 1 aliphatic rings. The molecule has 1 saturated carbocycles. The van der Waals surface area contributed by atoms with E-state index in [-0.39, 0.29) is 5.91 Å². The smallest absolute Gasteiger partial charge is 0.244 e. The molecule has 0 spiro atoms. The highest BCUT2D eigenvalue weighted by Gasteiger charge is 2.51. The van der Waals surface area contributed by atoms with Gasteiger partial charge in [-0.25, -0.2) is 8.42 Å². The molecule has 5 nitrogen and oxygen atoms in total. The molecule has 1 heterocycles. The molecule has 0 aliphatic heterocycles. The van der Waals surface area contributed by atoms with Crippen LogP contribution in [0.5, 0.6) is 0 Å². The third-order valence-corrected chi connectivity index (χ3v) is 6.95. The summed E-state index contributed by atoms with van der Waals surface area (Å²) in [6.07, 6.45) is 5.51. The first-order valence-electron chi connectivity index (χ1n) is 7.85. The second kappa shape index (κ2) is 5.67. The number of hydrogen-bond donors (Lipinski definition) is 1. The van der Waals surface area contributed by atoms with Gasteiger partial charge >= 0.3 is 0 Å². The average Bonchev–Trinajstić information content (AvgIpc) is 3.15. The lowest BCUT2D eigenvalue weighted by Crippen LogP contribution is -2.50. The van der Waals surface area contributed by atoms with Crippen LogP contribution in [-0.4, -0.2) is 42.3 Å². The lowest BCUT2D eigenvalue weighted by atomic mass is 10.0. The maximum absolute atomic E-state index is 12.9. The molecule has 1 aliphatic carbocycles. The number of carbonyl (C=O) groups excluding carboxylic acids is 1. The molecule has 2 aromatic rings. The summed E-state index contributed by atoms with van der Waals surface area (Å²) in [6.45, 7) is 0.408. The Kier molecular flexibility index (Phi) is 3.96. The lowest BCUT2D eigenvalue weighted by molar-refractivity contribution is -0.133. The minimum Gasteiger partial charge on any atom is -0.361 e. The van der Waals surface area contributed by atoms with Gasteiger partial charge in [0.15, 0.2) is 14.6 Å². The third-order valence-electron chi connectivity index (χ3n) is 4.95. The standard InChI is InChI=1S/C17H22N2O3S/c1-19(12-13-6-5-7-15-14(13)8-11-18-15)16(20)17(23(2,21)22)9-3-4-10-17/h5-8,11,18H,3-4,9-10,12H2,1-2H3. The number of rotatable bonds is 4. The van der Waals surface area contributed by atoms with Crippen LogP contribution >= 0.6 is 0 Å². The predicted molar refractivity (Wildman–Crippen MR) is 90.8 cm³/mol. The van der Waals surface area contributed by atoms with Gasteiger partial charge in [0.25, 0.3) is 0 Å². The van der Waals surface area contributed by atoms with Crippen molar-refractivity contribution in [2.45, 2.75) is 37.0 Å². The Balaban J connectivity index is 1.89. The molecular weight excluding hydrogens is 312 g/mol. The summed E-state index contributed by atoms with van der Waals surface area (Å²) in [5.74, 6) is -0.273. The van der Waals surface area contributed by atoms with Gasteiger partial charge in [-0.1, -0.05) is 25.0 Å². The first-order valence-corrected chi connectivity index (χ1v) is 9.74. The summed E-state index contributed by atoms with van der Waals surface area (Å²) in [4.78, 5) is 17.6. The van der Waals surface area contributed by atoms with Gasteiger partial charge in [0.2, 0.25) is 5.91 Å². The minimum absolute atomic E-state index is 0.273. The van der Waals surface area contributed by atoms with Crippen molar-refractivity contribution in [3.63, 3.8) is 0 Å². The molecule has 1 aromatic carbocycles. The van der Waals surface area contributed by atoms with Crippen molar-refractivity contribution >= 4 is 26.6 Å². The van der Waals surface area contributed by atoms with Crippen molar-refractivity contribution in [2.75, 3.05) is 13.3 Å². The average molecular weight is 334 g/mol. The van der Waals surface area contributed by atoms with E-state index >= 15 is 0 Å². The van der Waals surface area contributed by atoms with E-state index in [9.17, 15) is 13.2 Å². The Morgan fingerprint density at radius 2 is 1.96 bits per heavy atom. The molecule has 1 amide bonds. The summed E-state index contributed by atoms with van der Waals surface area (Å²) in [5, 5.41) is 1.06. The Labute approximate surface area is 136 Å². The van der Waals surface area contributed by atoms with Gasteiger partial charge < -0.3 is 9.88 Å². The summed E-state index contributed by atoms with van der Waals surface area (Å²) in [5.41, 5.74) is 2.03. The highest BCUT2D eigenvalue weighted by Crippen LogP contribution is 2.38. The predicted octanol–water partition coefficient (Wildman–Crippen LogP) is 2.48. The van der Waals surface area contributed by atoms with E-state index in [0.717, 1.165) is 29.3 Å². The highest BCUT2D eigenvalue weighted by atomic mass is 32.2. The van der Waals surface area contributed by atoms with Crippen LogP contribution < -0.4 is 0 Å². The molecule has 1 aromatic heterocycles. The maximum atomic E-state index is 12.9. The molecule has 0 unspecified atom stereocenters. The van der Waals surface area contributed by atoms with E-state index in [4.69, 9.17) is 0 Å². The molecule has 1 N–H and O–H groups in total. The van der Waals surface area contributed by atoms with Crippen molar-refractivity contribution in [3.05, 3.63) is 36.0 Å². The van der Waals surface area contributed by atoms with E-state index < -0.39 is 14.6 Å². The van der Waals surface area contributed by atoms with Crippen LogP contribution in [0.4, 0.5) is 0 Å². The van der Waals surface area contributed by atoms with Gasteiger partial charge in [-0.2, -0.15) is 0 Å². The highest BCUT2D eigenvalue weighted by molar-refractivity contribution is 7.92. The number of aromatic amines is 1. The number of sulfone groups is 1. The first kappa shape index (κ1) is 16.1. The van der Waals surface area contributed by atoms with Gasteiger partial charge in [0, 0.05) is 36.9 Å². The summed E-state index contributed by atoms with van der Waals surface area (Å²) < 4.78 is 23.3. The quantitative estimate of drug-likeness (QED) is 0.934. The number of amides is 1. The molecule has 0 saturated heterocycles. The van der Waals surface area contributed by atoms with Crippen LogP contribution in [0.1, 0.15) is 31.2 Å². The van der Waals surface area contributed by atoms with Crippen molar-refractivity contribution in [1.29, 1.82) is 0 Å². The van der Waals surface area contributed by atoms with Crippen molar-refractivity contribution in [3.8, 4) is 0 Å². The maximum Gasteiger partial charge on any atom is 0.244 e. The van der Waals surface area contributed by atoms with Gasteiger partial charge in [-0.3, -0.25) is 4.79 Å². The molecular formula is C17H22N2O3S. The zero-order valence-corrected chi connectivity index (χ0v) is 14.3. The number of fused-ring (bicyclic) bond motifs is 1. The minimum atomic E-state index is -3.43. The van der Waals surface area contributed by atoms with Gasteiger partial charge in [-0.05, 0) is 30.5 Å². The molecule has 1 fully saturated rings. The van der Waals surface area contributed by atoms with E-state index in [1.165, 1.54) is 6.26 Å². The Hall–Kier alpha value is -1.82. The molecule has 6 heteroatoms. The fraction of sp³-hybridized carbons (Fsp3) is 0.471. The molecule has 23 heavy (non-hydrogen) atoms. The number of carbonyl (C=O) groups is 1. The fourth-order valence-electron chi connectivity index (χ4n) is 3.65. The Morgan fingerprint density at radius 1 is 1.26 bits per heavy atom. The van der Waals surface area contributed by atoms with E-state index in [1.54, 1.807) is 11.9 Å². The topological polar surface area (TPSA) is 70.2 Å². The Morgan fingerprint density at radius 3 is 2.61 bits per heavy atom. The van der Waals surface area contributed by atoms with Crippen LogP contribution in [0.2, 0.25) is 0 Å². The van der Waals surface area contributed by atoms with E-state index in [2.05, 4.69) is 4.98 Å². The van der Waals surface area contributed by atoms with Crippen LogP contribution in [0.3, 0.4) is 0 Å². The number of aromatic nitrogens is 1. The van der Waals surface area contributed by atoms with Crippen LogP contribution in [0, 0.1) is 0 Å². The number of nitrogens with one attached hydrogen (secondary N) is 1. The van der Waals surface area contributed by atoms with Gasteiger partial charge in [0.1, 0.15) is 0 Å². The molecule has 3 rings (SSSR count). The first-order chi connectivity index (χ1) is 10.8. The number of hydrogen-bond acceptors (Lipinski definition) is 3. The van der Waals surface area contributed by atoms with Crippen LogP contribution in [-0.2, 0) is 21.2 Å². The number of nitrogens with zero attached hydrogens (tertiary/aromatic N) is 1. The third kappa shape index (κ3) is 2.65. The van der Waals surface area contributed by atoms with Crippen molar-refractivity contribution in [1.82, 2.24) is 9.88 Å². The van der Waals surface area contributed by atoms with Crippen LogP contribution in [0.15, 0.2) is 30.5 Å². The largest absolute Gasteiger partial charge is 0.361 e. The second-order valence-corrected chi connectivity index (χ2v) is 8.82. The second-order valence-electron chi connectivity index (χ2n) is 6.49. The lowest BCUT2D eigenvalue weighted by Gasteiger charge is -2.31. The van der Waals surface area contributed by atoms with Gasteiger partial charge in [0.05, 0.1) is 0 Å². The zero-order valence-electron chi connectivity index (χ0n) is 13.5. The monoisotopic (exact) mass is 334 g/mol. The SMILES string of the molecule is CN(Cc1cccc2[nH]ccc12)C(=O)C1(S(C)(=O)=O)CCCC1. The summed E-state index contributed by atoms with van der Waals surface area (Å²) >= 11 is 0. The van der Waals surface area contributed by atoms with Crippen LogP contribution in [0.25, 0.3) is 10.9 Å². The molecule has 124 valence electrons. The molecule has 0 atom stereocenters. The van der Waals surface area contributed by atoms with Crippen molar-refractivity contribution in [2.24, 2.45) is 0 Å². The van der Waals surface area contributed by atoms with Gasteiger partial charge in [-0.15, -0.1) is 0 Å². The van der Waals surface area contributed by atoms with E-state index in [0.29, 0.717) is 19.4 Å². The fourth-order valence-corrected chi connectivity index (χ4v) is 5.16. The summed E-state index contributed by atoms with van der Waals surface area (Å²) in [6, 6.07) is 7.87. The zero-order chi connectivity index (χ0) is 16.7. The molecule has 0 bridgehead atoms. The molecule has 0 radical (unpaired) electrons. The number of benzene rings is 1. The summed E-state index contributed by atoms with van der Waals surface area (Å²) in [7, 11) is -1.74.